The van der Waals surface area contributed by atoms with E-state index in [0.29, 0.717) is 40.6 Å². The minimum Gasteiger partial charge on any atom is -0.493 e. The first-order valence-corrected chi connectivity index (χ1v) is 11.3. The number of hydrogen-bond donors (Lipinski definition) is 1. The van der Waals surface area contributed by atoms with Crippen LogP contribution in [0.5, 0.6) is 5.75 Å². The number of rotatable bonds is 6. The molecule has 0 spiro atoms. The van der Waals surface area contributed by atoms with Crippen molar-refractivity contribution in [2.75, 3.05) is 11.9 Å². The third-order valence-electron chi connectivity index (χ3n) is 5.63. The summed E-state index contributed by atoms with van der Waals surface area (Å²) >= 11 is 0. The highest BCUT2D eigenvalue weighted by Gasteiger charge is 2.20. The molecule has 3 aromatic heterocycles. The molecule has 0 bridgehead atoms. The van der Waals surface area contributed by atoms with E-state index >= 15 is 0 Å². The van der Waals surface area contributed by atoms with Crippen molar-refractivity contribution in [3.63, 3.8) is 0 Å². The number of benzene rings is 2. The molecule has 176 valence electrons. The van der Waals surface area contributed by atoms with Gasteiger partial charge in [0.2, 0.25) is 0 Å². The van der Waals surface area contributed by atoms with Crippen LogP contribution in [-0.4, -0.2) is 42.0 Å². The van der Waals surface area contributed by atoms with Gasteiger partial charge < -0.3 is 10.1 Å². The number of amides is 1. The molecule has 0 saturated carbocycles. The number of anilines is 1. The third-order valence-corrected chi connectivity index (χ3v) is 5.63. The fourth-order valence-electron chi connectivity index (χ4n) is 4.09. The third kappa shape index (κ3) is 4.12. The summed E-state index contributed by atoms with van der Waals surface area (Å²) in [4.78, 5) is 22.1. The van der Waals surface area contributed by atoms with Crippen molar-refractivity contribution in [1.82, 2.24) is 29.5 Å². The Bertz CT molecular complexity index is 1550. The molecule has 9 heteroatoms. The van der Waals surface area contributed by atoms with Crippen LogP contribution in [-0.2, 0) is 0 Å². The number of aromatic nitrogens is 6. The molecule has 35 heavy (non-hydrogen) atoms. The fourth-order valence-corrected chi connectivity index (χ4v) is 4.09. The van der Waals surface area contributed by atoms with Crippen LogP contribution in [0, 0.1) is 20.8 Å². The van der Waals surface area contributed by atoms with Gasteiger partial charge in [0.05, 0.1) is 35.1 Å². The minimum absolute atomic E-state index is 0.300. The van der Waals surface area contributed by atoms with Crippen molar-refractivity contribution in [3.05, 3.63) is 83.4 Å². The summed E-state index contributed by atoms with van der Waals surface area (Å²) < 4.78 is 9.02. The Morgan fingerprint density at radius 2 is 1.86 bits per heavy atom. The Labute approximate surface area is 202 Å². The van der Waals surface area contributed by atoms with Gasteiger partial charge in [0, 0.05) is 6.07 Å². The summed E-state index contributed by atoms with van der Waals surface area (Å²) in [6.07, 6.45) is 3.20. The maximum absolute atomic E-state index is 13.1. The van der Waals surface area contributed by atoms with Crippen LogP contribution in [0.2, 0.25) is 0 Å². The molecule has 2 aromatic carbocycles. The van der Waals surface area contributed by atoms with Gasteiger partial charge in [0.25, 0.3) is 5.91 Å². The van der Waals surface area contributed by atoms with Crippen LogP contribution in [0.1, 0.15) is 34.1 Å². The predicted molar refractivity (Wildman–Crippen MR) is 134 cm³/mol. The first-order chi connectivity index (χ1) is 17.0. The van der Waals surface area contributed by atoms with Gasteiger partial charge in [0.1, 0.15) is 17.9 Å². The minimum atomic E-state index is -0.300. The second-order valence-electron chi connectivity index (χ2n) is 8.25. The average Bonchev–Trinajstić information content (AvgIpc) is 3.43. The molecule has 3 heterocycles. The second-order valence-corrected chi connectivity index (χ2v) is 8.25. The van der Waals surface area contributed by atoms with Crippen LogP contribution in [0.25, 0.3) is 22.5 Å². The van der Waals surface area contributed by atoms with E-state index in [9.17, 15) is 4.79 Å². The quantitative estimate of drug-likeness (QED) is 0.392. The van der Waals surface area contributed by atoms with Crippen molar-refractivity contribution in [1.29, 1.82) is 0 Å². The van der Waals surface area contributed by atoms with Crippen LogP contribution in [0.15, 0.2) is 61.1 Å². The normalized spacial score (nSPS) is 11.1. The molecule has 5 rings (SSSR count). The zero-order chi connectivity index (χ0) is 24.5. The monoisotopic (exact) mass is 467 g/mol. The number of fused-ring (bicyclic) bond motifs is 1. The molecule has 0 aliphatic carbocycles. The maximum Gasteiger partial charge on any atom is 0.260 e. The van der Waals surface area contributed by atoms with Crippen LogP contribution < -0.4 is 10.1 Å². The van der Waals surface area contributed by atoms with Gasteiger partial charge in [-0.2, -0.15) is 14.9 Å². The number of nitrogens with one attached hydrogen (secondary N) is 1. The smallest absolute Gasteiger partial charge is 0.260 e. The molecule has 1 N–H and O–H groups in total. The molecule has 0 saturated heterocycles. The van der Waals surface area contributed by atoms with Gasteiger partial charge in [-0.1, -0.05) is 29.8 Å². The van der Waals surface area contributed by atoms with E-state index in [-0.39, 0.29) is 5.91 Å². The first kappa shape index (κ1) is 22.3. The van der Waals surface area contributed by atoms with Gasteiger partial charge in [-0.25, -0.2) is 14.6 Å². The van der Waals surface area contributed by atoms with Crippen molar-refractivity contribution >= 4 is 22.8 Å². The van der Waals surface area contributed by atoms with E-state index < -0.39 is 0 Å². The maximum atomic E-state index is 13.1. The lowest BCUT2D eigenvalue weighted by atomic mass is 10.1. The summed E-state index contributed by atoms with van der Waals surface area (Å²) in [5, 5.41) is 12.8. The van der Waals surface area contributed by atoms with Crippen molar-refractivity contribution in [2.24, 2.45) is 0 Å². The summed E-state index contributed by atoms with van der Waals surface area (Å²) in [5.41, 5.74) is 5.02. The number of nitrogens with zero attached hydrogens (tertiary/aromatic N) is 6. The number of carbonyl (C=O) groups excluding carboxylic acids is 1. The Kier molecular flexibility index (Phi) is 5.74. The van der Waals surface area contributed by atoms with Crippen LogP contribution in [0.3, 0.4) is 0 Å². The number of carbonyl (C=O) groups is 1. The lowest BCUT2D eigenvalue weighted by Gasteiger charge is -2.12. The van der Waals surface area contributed by atoms with Crippen LogP contribution in [0.4, 0.5) is 5.82 Å². The zero-order valence-electron chi connectivity index (χ0n) is 20.0. The summed E-state index contributed by atoms with van der Waals surface area (Å²) in [6, 6.07) is 15.1. The Balaban J connectivity index is 1.56. The van der Waals surface area contributed by atoms with Gasteiger partial charge in [0.15, 0.2) is 11.5 Å². The molecule has 0 atom stereocenters. The summed E-state index contributed by atoms with van der Waals surface area (Å²) in [5.74, 6) is 1.23. The SMILES string of the molecule is CCOc1ccccc1C(=O)Nc1cc(C)nn1-c1ncnc2c1cnn2-c1ccc(C)cc1C. The topological polar surface area (TPSA) is 99.8 Å². The van der Waals surface area contributed by atoms with Gasteiger partial charge in [-0.3, -0.25) is 4.79 Å². The van der Waals surface area contributed by atoms with Crippen LogP contribution >= 0.6 is 0 Å². The molecular formula is C26H25N7O2. The number of aryl methyl sites for hydroxylation is 3. The Hall–Kier alpha value is -4.53. The molecule has 5 aromatic rings. The second kappa shape index (κ2) is 9.02. The molecule has 0 fully saturated rings. The van der Waals surface area contributed by atoms with Gasteiger partial charge in [-0.05, 0) is 51.5 Å². The van der Waals surface area contributed by atoms with Gasteiger partial charge >= 0.3 is 0 Å². The zero-order valence-corrected chi connectivity index (χ0v) is 20.0. The molecule has 1 amide bonds. The molecule has 0 unspecified atom stereocenters. The fraction of sp³-hybridized carbons (Fsp3) is 0.192. The highest BCUT2D eigenvalue weighted by Crippen LogP contribution is 2.26. The number of para-hydroxylation sites is 1. The van der Waals surface area contributed by atoms with E-state index in [0.717, 1.165) is 16.9 Å². The molecular weight excluding hydrogens is 442 g/mol. The first-order valence-electron chi connectivity index (χ1n) is 11.3. The predicted octanol–water partition coefficient (Wildman–Crippen LogP) is 4.58. The molecule has 0 aliphatic rings. The highest BCUT2D eigenvalue weighted by atomic mass is 16.5. The van der Waals surface area contributed by atoms with E-state index in [1.54, 1.807) is 39.8 Å². The largest absolute Gasteiger partial charge is 0.493 e. The van der Waals surface area contributed by atoms with Crippen molar-refractivity contribution in [2.45, 2.75) is 27.7 Å². The van der Waals surface area contributed by atoms with E-state index in [1.165, 1.54) is 11.9 Å². The standard InChI is InChI=1S/C26H25N7O2/c1-5-35-22-9-7-6-8-19(22)26(34)30-23-13-18(4)31-33(23)25-20-14-29-32(24(20)27-15-28-25)21-11-10-16(2)12-17(21)3/h6-15H,5H2,1-4H3,(H,30,34). The van der Waals surface area contributed by atoms with E-state index in [2.05, 4.69) is 38.5 Å². The molecule has 0 radical (unpaired) electrons. The summed E-state index contributed by atoms with van der Waals surface area (Å²) in [6.45, 7) is 8.30. The Morgan fingerprint density at radius 3 is 2.66 bits per heavy atom. The Morgan fingerprint density at radius 1 is 1.03 bits per heavy atom. The summed E-state index contributed by atoms with van der Waals surface area (Å²) in [7, 11) is 0. The molecule has 0 aliphatic heterocycles. The van der Waals surface area contributed by atoms with Gasteiger partial charge in [-0.15, -0.1) is 0 Å². The van der Waals surface area contributed by atoms with E-state index in [4.69, 9.17) is 4.74 Å². The highest BCUT2D eigenvalue weighted by molar-refractivity contribution is 6.06. The molecule has 9 nitrogen and oxygen atoms in total. The number of ether oxygens (including phenoxy) is 1. The van der Waals surface area contributed by atoms with Crippen molar-refractivity contribution in [3.8, 4) is 17.3 Å². The average molecular weight is 468 g/mol. The lowest BCUT2D eigenvalue weighted by molar-refractivity contribution is 0.102. The van der Waals surface area contributed by atoms with E-state index in [1.807, 2.05) is 39.0 Å². The number of hydrogen-bond acceptors (Lipinski definition) is 6. The lowest BCUT2D eigenvalue weighted by Crippen LogP contribution is -2.17. The van der Waals surface area contributed by atoms with Crippen molar-refractivity contribution < 1.29 is 9.53 Å².